The number of anilines is 1. The van der Waals surface area contributed by atoms with Crippen molar-refractivity contribution in [3.63, 3.8) is 0 Å². The lowest BCUT2D eigenvalue weighted by atomic mass is 10.0. The number of esters is 1. The van der Waals surface area contributed by atoms with Crippen LogP contribution in [0.3, 0.4) is 0 Å². The summed E-state index contributed by atoms with van der Waals surface area (Å²) in [4.78, 5) is 37.9. The van der Waals surface area contributed by atoms with Gasteiger partial charge in [0, 0.05) is 25.3 Å². The molecule has 1 aromatic heterocycles. The van der Waals surface area contributed by atoms with Crippen molar-refractivity contribution < 1.29 is 37.4 Å². The molecule has 0 bridgehead atoms. The minimum atomic E-state index is -1.33. The molecular weight excluding hydrogens is 459 g/mol. The fourth-order valence-corrected chi connectivity index (χ4v) is 3.76. The Morgan fingerprint density at radius 2 is 1.85 bits per heavy atom. The second kappa shape index (κ2) is 9.88. The van der Waals surface area contributed by atoms with E-state index in [0.29, 0.717) is 5.56 Å². The van der Waals surface area contributed by atoms with Gasteiger partial charge in [0.15, 0.2) is 5.75 Å². The maximum atomic E-state index is 13.5. The summed E-state index contributed by atoms with van der Waals surface area (Å²) in [7, 11) is 2.73. The smallest absolute Gasteiger partial charge is 0.412 e. The highest BCUT2D eigenvalue weighted by molar-refractivity contribution is 6.39. The molecule has 33 heavy (non-hydrogen) atoms. The van der Waals surface area contributed by atoms with Crippen LogP contribution in [0.15, 0.2) is 34.7 Å². The first-order valence-electron chi connectivity index (χ1n) is 9.63. The second-order valence-corrected chi connectivity index (χ2v) is 7.09. The Kier molecular flexibility index (Phi) is 7.19. The van der Waals surface area contributed by atoms with Crippen LogP contribution >= 0.6 is 11.6 Å². The average molecular weight is 479 g/mol. The highest BCUT2D eigenvalue weighted by Crippen LogP contribution is 2.46. The monoisotopic (exact) mass is 478 g/mol. The lowest BCUT2D eigenvalue weighted by Crippen LogP contribution is -2.33. The lowest BCUT2D eigenvalue weighted by molar-refractivity contribution is -0.122. The number of carbonyl (C=O) groups excluding carboxylic acids is 3. The number of likely N-dealkylation sites (N-methyl/N-ethyl adjacent to an activating group) is 1. The summed E-state index contributed by atoms with van der Waals surface area (Å²) < 4.78 is 34.3. The number of carbonyl (C=O) groups is 3. The number of rotatable bonds is 7. The van der Waals surface area contributed by atoms with Gasteiger partial charge in [-0.05, 0) is 31.2 Å². The van der Waals surface area contributed by atoms with Crippen molar-refractivity contribution in [1.82, 2.24) is 0 Å². The zero-order chi connectivity index (χ0) is 24.3. The number of primary amides is 1. The molecule has 2 amide bonds. The van der Waals surface area contributed by atoms with E-state index in [1.165, 1.54) is 49.5 Å². The summed E-state index contributed by atoms with van der Waals surface area (Å²) >= 11 is 6.60. The van der Waals surface area contributed by atoms with Gasteiger partial charge in [0.1, 0.15) is 29.3 Å². The molecule has 1 heterocycles. The van der Waals surface area contributed by atoms with Gasteiger partial charge in [-0.2, -0.15) is 0 Å². The number of amides is 2. The van der Waals surface area contributed by atoms with Crippen molar-refractivity contribution >= 4 is 46.2 Å². The topological polar surface area (TPSA) is 121 Å². The molecule has 0 atom stereocenters. The summed E-state index contributed by atoms with van der Waals surface area (Å²) in [6.07, 6.45) is -1.33. The van der Waals surface area contributed by atoms with Gasteiger partial charge in [-0.25, -0.2) is 14.0 Å². The Morgan fingerprint density at radius 3 is 2.39 bits per heavy atom. The first-order valence-corrected chi connectivity index (χ1v) is 10.0. The van der Waals surface area contributed by atoms with E-state index in [1.807, 2.05) is 0 Å². The molecule has 0 unspecified atom stereocenters. The third kappa shape index (κ3) is 4.62. The predicted octanol–water partition coefficient (Wildman–Crippen LogP) is 4.14. The third-order valence-corrected chi connectivity index (χ3v) is 5.10. The summed E-state index contributed by atoms with van der Waals surface area (Å²) in [6, 6.07) is 6.55. The molecule has 2 N–H and O–H groups in total. The van der Waals surface area contributed by atoms with Crippen LogP contribution in [-0.2, 0) is 14.3 Å². The number of hydrogen-bond acceptors (Lipinski definition) is 7. The van der Waals surface area contributed by atoms with Crippen molar-refractivity contribution in [3.8, 4) is 17.1 Å². The molecule has 0 aliphatic rings. The fraction of sp³-hybridized carbons (Fsp3) is 0.227. The van der Waals surface area contributed by atoms with Crippen LogP contribution in [0.4, 0.5) is 14.9 Å². The number of benzene rings is 2. The molecule has 0 spiro atoms. The van der Waals surface area contributed by atoms with E-state index in [0.717, 1.165) is 0 Å². The van der Waals surface area contributed by atoms with Crippen molar-refractivity contribution in [3.05, 3.63) is 46.7 Å². The van der Waals surface area contributed by atoms with Crippen LogP contribution in [0.1, 0.15) is 17.3 Å². The Morgan fingerprint density at radius 1 is 1.18 bits per heavy atom. The van der Waals surface area contributed by atoms with E-state index in [9.17, 15) is 18.8 Å². The summed E-state index contributed by atoms with van der Waals surface area (Å²) in [5, 5.41) is 0.000263. The fourth-order valence-electron chi connectivity index (χ4n) is 3.40. The zero-order valence-electron chi connectivity index (χ0n) is 17.9. The first-order chi connectivity index (χ1) is 15.7. The van der Waals surface area contributed by atoms with Crippen LogP contribution in [0.5, 0.6) is 5.75 Å². The van der Waals surface area contributed by atoms with E-state index >= 15 is 0 Å². The molecule has 0 saturated carbocycles. The Bertz CT molecular complexity index is 1220. The molecule has 2 aromatic carbocycles. The van der Waals surface area contributed by atoms with E-state index in [4.69, 9.17) is 31.2 Å². The van der Waals surface area contributed by atoms with Crippen LogP contribution in [0, 0.1) is 5.82 Å². The molecule has 9 nitrogen and oxygen atoms in total. The van der Waals surface area contributed by atoms with Crippen LogP contribution in [0.2, 0.25) is 5.02 Å². The highest BCUT2D eigenvalue weighted by Gasteiger charge is 2.31. The highest BCUT2D eigenvalue weighted by atomic mass is 35.5. The number of nitrogens with zero attached hydrogens (tertiary/aromatic N) is 1. The van der Waals surface area contributed by atoms with E-state index in [2.05, 4.69) is 4.74 Å². The van der Waals surface area contributed by atoms with Crippen molar-refractivity contribution in [2.45, 2.75) is 6.92 Å². The van der Waals surface area contributed by atoms with Crippen LogP contribution in [-0.4, -0.2) is 45.3 Å². The lowest BCUT2D eigenvalue weighted by Gasteiger charge is -2.23. The second-order valence-electron chi connectivity index (χ2n) is 6.71. The van der Waals surface area contributed by atoms with Crippen LogP contribution < -0.4 is 15.4 Å². The Balaban J connectivity index is 2.35. The molecule has 3 aromatic rings. The van der Waals surface area contributed by atoms with Crippen LogP contribution in [0.25, 0.3) is 22.3 Å². The number of nitrogens with two attached hydrogens (primary N) is 1. The minimum Gasteiger partial charge on any atom is -0.493 e. The third-order valence-electron chi connectivity index (χ3n) is 4.74. The van der Waals surface area contributed by atoms with Gasteiger partial charge < -0.3 is 29.3 Å². The molecule has 0 aliphatic carbocycles. The maximum absolute atomic E-state index is 13.5. The predicted molar refractivity (Wildman–Crippen MR) is 118 cm³/mol. The Hall–Kier alpha value is -3.63. The Labute approximate surface area is 192 Å². The molecular formula is C22H20ClFN2O7. The normalized spacial score (nSPS) is 10.8. The van der Waals surface area contributed by atoms with Gasteiger partial charge in [-0.3, -0.25) is 4.79 Å². The SMILES string of the molecule is CCN(C(=O)COC)c1cc2oc(-c3ccc(F)cc3)c(C(=O)OC(N)=O)c2c(Cl)c1OC. The largest absolute Gasteiger partial charge is 0.493 e. The number of methoxy groups -OCH3 is 2. The molecule has 0 aliphatic heterocycles. The summed E-state index contributed by atoms with van der Waals surface area (Å²) in [5.74, 6) is -1.96. The number of halogens is 2. The number of hydrogen-bond donors (Lipinski definition) is 1. The number of fused-ring (bicyclic) bond motifs is 1. The van der Waals surface area contributed by atoms with E-state index < -0.39 is 17.9 Å². The van der Waals surface area contributed by atoms with Gasteiger partial charge in [-0.15, -0.1) is 0 Å². The molecule has 174 valence electrons. The molecule has 0 saturated heterocycles. The van der Waals surface area contributed by atoms with Crippen molar-refractivity contribution in [2.24, 2.45) is 5.73 Å². The molecule has 11 heteroatoms. The first kappa shape index (κ1) is 24.0. The quantitative estimate of drug-likeness (QED) is 0.400. The van der Waals surface area contributed by atoms with Crippen molar-refractivity contribution in [1.29, 1.82) is 0 Å². The minimum absolute atomic E-state index is 0.0383. The number of furan rings is 1. The molecule has 0 radical (unpaired) electrons. The zero-order valence-corrected chi connectivity index (χ0v) is 18.7. The van der Waals surface area contributed by atoms with E-state index in [1.54, 1.807) is 6.92 Å². The van der Waals surface area contributed by atoms with Gasteiger partial charge in [0.25, 0.3) is 5.91 Å². The van der Waals surface area contributed by atoms with Gasteiger partial charge in [-0.1, -0.05) is 11.6 Å². The van der Waals surface area contributed by atoms with Gasteiger partial charge in [0.2, 0.25) is 0 Å². The van der Waals surface area contributed by atoms with Gasteiger partial charge >= 0.3 is 12.1 Å². The standard InChI is InChI=1S/C22H20ClFN2O7/c1-4-26(15(27)10-30-2)13-9-14-16(18(23)20(13)31-3)17(21(28)33-22(25)29)19(32-14)11-5-7-12(24)8-6-11/h5-9H,4,10H2,1-3H3,(H2,25,29). The summed E-state index contributed by atoms with van der Waals surface area (Å²) in [6.45, 7) is 1.80. The maximum Gasteiger partial charge on any atom is 0.412 e. The number of ether oxygens (including phenoxy) is 3. The molecule has 0 fully saturated rings. The summed E-state index contributed by atoms with van der Waals surface area (Å²) in [5.41, 5.74) is 5.48. The van der Waals surface area contributed by atoms with Gasteiger partial charge in [0.05, 0.1) is 23.2 Å². The molecule has 3 rings (SSSR count). The van der Waals surface area contributed by atoms with E-state index in [-0.39, 0.29) is 57.8 Å². The van der Waals surface area contributed by atoms with Crippen molar-refractivity contribution in [2.75, 3.05) is 32.3 Å². The average Bonchev–Trinajstić information content (AvgIpc) is 3.14.